The molecule has 0 unspecified atom stereocenters. The van der Waals surface area contributed by atoms with E-state index < -0.39 is 0 Å². The summed E-state index contributed by atoms with van der Waals surface area (Å²) < 4.78 is 1.50. The molecule has 0 bridgehead atoms. The van der Waals surface area contributed by atoms with Crippen LogP contribution in [0.4, 0.5) is 5.69 Å². The maximum absolute atomic E-state index is 10.0. The molecule has 0 aliphatic rings. The van der Waals surface area contributed by atoms with Crippen molar-refractivity contribution in [2.24, 2.45) is 4.99 Å². The molecule has 0 radical (unpaired) electrons. The van der Waals surface area contributed by atoms with Gasteiger partial charge in [-0.1, -0.05) is 28.1 Å². The highest BCUT2D eigenvalue weighted by molar-refractivity contribution is 9.11. The number of phenolic OH excluding ortho intramolecular Hbond substituents is 1. The minimum absolute atomic E-state index is 0.173. The van der Waals surface area contributed by atoms with Gasteiger partial charge in [0.2, 0.25) is 0 Å². The number of hydrogen-bond acceptors (Lipinski definition) is 4. The van der Waals surface area contributed by atoms with Gasteiger partial charge in [-0.15, -0.1) is 11.3 Å². The van der Waals surface area contributed by atoms with Crippen LogP contribution >= 0.6 is 43.2 Å². The summed E-state index contributed by atoms with van der Waals surface area (Å²) in [6, 6.07) is 11.5. The van der Waals surface area contributed by atoms with Gasteiger partial charge in [0.25, 0.3) is 0 Å². The smallest absolute Gasteiger partial charge is 0.138 e. The molecule has 0 atom stereocenters. The lowest BCUT2D eigenvalue weighted by Gasteiger charge is -2.03. The fraction of sp³-hybridized carbons (Fsp3) is 0.0588. The van der Waals surface area contributed by atoms with Crippen LogP contribution in [-0.4, -0.2) is 16.3 Å². The monoisotopic (exact) mass is 450 g/mol. The molecule has 1 aromatic heterocycles. The Morgan fingerprint density at radius 1 is 1.17 bits per heavy atom. The van der Waals surface area contributed by atoms with E-state index in [4.69, 9.17) is 0 Å². The van der Waals surface area contributed by atoms with E-state index >= 15 is 0 Å². The van der Waals surface area contributed by atoms with Gasteiger partial charge >= 0.3 is 0 Å². The first-order valence-electron chi connectivity index (χ1n) is 6.77. The summed E-state index contributed by atoms with van der Waals surface area (Å²) in [4.78, 5) is 8.89. The molecule has 0 saturated heterocycles. The van der Waals surface area contributed by atoms with Crippen LogP contribution in [0.25, 0.3) is 11.3 Å². The number of benzene rings is 2. The molecule has 3 rings (SSSR count). The molecular formula is C17H12Br2N2OS. The first kappa shape index (κ1) is 16.4. The average molecular weight is 452 g/mol. The fourth-order valence-electron chi connectivity index (χ4n) is 2.04. The van der Waals surface area contributed by atoms with Crippen molar-refractivity contribution < 1.29 is 5.11 Å². The van der Waals surface area contributed by atoms with Crippen molar-refractivity contribution in [3.05, 3.63) is 61.3 Å². The Bertz CT molecular complexity index is 873. The van der Waals surface area contributed by atoms with Crippen LogP contribution in [0.5, 0.6) is 5.75 Å². The zero-order valence-corrected chi connectivity index (χ0v) is 16.1. The lowest BCUT2D eigenvalue weighted by molar-refractivity contribution is 0.471. The first-order valence-corrected chi connectivity index (χ1v) is 9.24. The number of nitrogens with zero attached hydrogens (tertiary/aromatic N) is 2. The van der Waals surface area contributed by atoms with Gasteiger partial charge in [0, 0.05) is 27.2 Å². The normalized spacial score (nSPS) is 11.3. The van der Waals surface area contributed by atoms with E-state index in [1.165, 1.54) is 0 Å². The lowest BCUT2D eigenvalue weighted by Crippen LogP contribution is -1.84. The number of rotatable bonds is 3. The molecule has 116 valence electrons. The maximum atomic E-state index is 10.0. The predicted molar refractivity (Wildman–Crippen MR) is 103 cm³/mol. The standard InChI is InChI=1S/C17H12Br2N2OS/c1-10-21-16(9-23-10)11-2-4-14(5-3-11)20-8-12-6-13(18)7-15(19)17(12)22/h2-9,22H,1H3. The summed E-state index contributed by atoms with van der Waals surface area (Å²) in [6.45, 7) is 2.00. The minimum atomic E-state index is 0.173. The summed E-state index contributed by atoms with van der Waals surface area (Å²) in [7, 11) is 0. The highest BCUT2D eigenvalue weighted by Gasteiger charge is 2.05. The predicted octanol–water partition coefficient (Wildman–Crippen LogP) is 6.10. The maximum Gasteiger partial charge on any atom is 0.138 e. The average Bonchev–Trinajstić information content (AvgIpc) is 2.96. The lowest BCUT2D eigenvalue weighted by atomic mass is 10.1. The van der Waals surface area contributed by atoms with Crippen LogP contribution in [0.15, 0.2) is 55.7 Å². The molecular weight excluding hydrogens is 440 g/mol. The SMILES string of the molecule is Cc1nc(-c2ccc(N=Cc3cc(Br)cc(Br)c3O)cc2)cs1. The van der Waals surface area contributed by atoms with Crippen LogP contribution in [0, 0.1) is 6.92 Å². The van der Waals surface area contributed by atoms with Gasteiger partial charge in [-0.3, -0.25) is 4.99 Å². The summed E-state index contributed by atoms with van der Waals surface area (Å²) in [5.74, 6) is 0.173. The summed E-state index contributed by atoms with van der Waals surface area (Å²) >= 11 is 8.35. The molecule has 3 nitrogen and oxygen atoms in total. The molecule has 0 fully saturated rings. The quantitative estimate of drug-likeness (QED) is 0.489. The van der Waals surface area contributed by atoms with E-state index in [-0.39, 0.29) is 5.75 Å². The molecule has 6 heteroatoms. The zero-order chi connectivity index (χ0) is 16.4. The number of aromatic hydroxyl groups is 1. The van der Waals surface area contributed by atoms with Crippen molar-refractivity contribution in [2.45, 2.75) is 6.92 Å². The second-order valence-electron chi connectivity index (χ2n) is 4.88. The van der Waals surface area contributed by atoms with Crippen molar-refractivity contribution in [3.8, 4) is 17.0 Å². The van der Waals surface area contributed by atoms with E-state index in [1.807, 2.05) is 42.6 Å². The Balaban J connectivity index is 1.83. The molecule has 0 spiro atoms. The zero-order valence-electron chi connectivity index (χ0n) is 12.1. The number of aliphatic imine (C=N–C) groups is 1. The molecule has 0 amide bonds. The third-order valence-corrected chi connectivity index (χ3v) is 5.03. The third-order valence-electron chi connectivity index (χ3n) is 3.19. The molecule has 1 N–H and O–H groups in total. The largest absolute Gasteiger partial charge is 0.506 e. The highest BCUT2D eigenvalue weighted by Crippen LogP contribution is 2.31. The summed E-state index contributed by atoms with van der Waals surface area (Å²) in [6.07, 6.45) is 1.65. The third kappa shape index (κ3) is 3.88. The molecule has 3 aromatic rings. The molecule has 0 aliphatic carbocycles. The second kappa shape index (κ2) is 6.95. The molecule has 2 aromatic carbocycles. The fourth-order valence-corrected chi connectivity index (χ4v) is 3.92. The van der Waals surface area contributed by atoms with Crippen molar-refractivity contribution in [2.75, 3.05) is 0 Å². The Hall–Kier alpha value is -1.50. The molecule has 23 heavy (non-hydrogen) atoms. The van der Waals surface area contributed by atoms with E-state index in [2.05, 4.69) is 41.8 Å². The van der Waals surface area contributed by atoms with E-state index in [1.54, 1.807) is 23.6 Å². The van der Waals surface area contributed by atoms with Gasteiger partial charge in [-0.05, 0) is 47.1 Å². The number of phenols is 1. The Labute approximate surface area is 155 Å². The topological polar surface area (TPSA) is 45.5 Å². The van der Waals surface area contributed by atoms with Crippen molar-refractivity contribution in [1.82, 2.24) is 4.98 Å². The summed E-state index contributed by atoms with van der Waals surface area (Å²) in [5, 5.41) is 13.1. The van der Waals surface area contributed by atoms with Gasteiger partial charge in [-0.25, -0.2) is 4.98 Å². The second-order valence-corrected chi connectivity index (χ2v) is 7.71. The summed E-state index contributed by atoms with van der Waals surface area (Å²) in [5.41, 5.74) is 3.51. The number of aryl methyl sites for hydroxylation is 1. The van der Waals surface area contributed by atoms with Gasteiger partial charge < -0.3 is 5.11 Å². The van der Waals surface area contributed by atoms with Crippen molar-refractivity contribution in [1.29, 1.82) is 0 Å². The minimum Gasteiger partial charge on any atom is -0.506 e. The number of thiazole rings is 1. The molecule has 0 saturated carbocycles. The van der Waals surface area contributed by atoms with Gasteiger partial charge in [0.1, 0.15) is 5.75 Å². The van der Waals surface area contributed by atoms with Crippen molar-refractivity contribution in [3.63, 3.8) is 0 Å². The number of hydrogen-bond donors (Lipinski definition) is 1. The van der Waals surface area contributed by atoms with E-state index in [9.17, 15) is 5.11 Å². The Morgan fingerprint density at radius 2 is 1.91 bits per heavy atom. The van der Waals surface area contributed by atoms with Gasteiger partial charge in [0.15, 0.2) is 0 Å². The number of aromatic nitrogens is 1. The van der Waals surface area contributed by atoms with Crippen LogP contribution < -0.4 is 0 Å². The van der Waals surface area contributed by atoms with E-state index in [0.717, 1.165) is 26.4 Å². The van der Waals surface area contributed by atoms with E-state index in [0.29, 0.717) is 10.0 Å². The Kier molecular flexibility index (Phi) is 4.94. The van der Waals surface area contributed by atoms with Crippen LogP contribution in [0.3, 0.4) is 0 Å². The first-order chi connectivity index (χ1) is 11.0. The number of halogens is 2. The van der Waals surface area contributed by atoms with Gasteiger partial charge in [0.05, 0.1) is 20.9 Å². The highest BCUT2D eigenvalue weighted by atomic mass is 79.9. The van der Waals surface area contributed by atoms with Gasteiger partial charge in [-0.2, -0.15) is 0 Å². The molecule has 1 heterocycles. The van der Waals surface area contributed by atoms with Crippen LogP contribution in [0.2, 0.25) is 0 Å². The van der Waals surface area contributed by atoms with Crippen molar-refractivity contribution >= 4 is 55.1 Å². The van der Waals surface area contributed by atoms with Crippen LogP contribution in [0.1, 0.15) is 10.6 Å². The Morgan fingerprint density at radius 3 is 2.57 bits per heavy atom. The van der Waals surface area contributed by atoms with Crippen LogP contribution in [-0.2, 0) is 0 Å². The molecule has 0 aliphatic heterocycles.